The summed E-state index contributed by atoms with van der Waals surface area (Å²) in [4.78, 5) is 4.01. The van der Waals surface area contributed by atoms with E-state index in [4.69, 9.17) is 0 Å². The molecule has 0 radical (unpaired) electrons. The third-order valence-electron chi connectivity index (χ3n) is 3.20. The average Bonchev–Trinajstić information content (AvgIpc) is 2.38. The predicted molar refractivity (Wildman–Crippen MR) is 82.3 cm³/mol. The first-order valence-corrected chi connectivity index (χ1v) is 8.60. The summed E-state index contributed by atoms with van der Waals surface area (Å²) >= 11 is 0. The summed E-state index contributed by atoms with van der Waals surface area (Å²) in [6, 6.07) is 3.34. The number of hydrogen-bond donors (Lipinski definition) is 2. The highest BCUT2D eigenvalue weighted by Crippen LogP contribution is 2.19. The van der Waals surface area contributed by atoms with E-state index < -0.39 is 10.0 Å². The molecule has 0 amide bonds. The lowest BCUT2D eigenvalue weighted by Gasteiger charge is -2.18. The Bertz CT molecular complexity index is 517. The van der Waals surface area contributed by atoms with Crippen LogP contribution >= 0.6 is 0 Å². The van der Waals surface area contributed by atoms with Gasteiger partial charge in [-0.15, -0.1) is 0 Å². The molecule has 0 saturated carbocycles. The second-order valence-corrected chi connectivity index (χ2v) is 6.79. The van der Waals surface area contributed by atoms with E-state index in [1.165, 1.54) is 6.20 Å². The van der Waals surface area contributed by atoms with E-state index in [1.54, 1.807) is 12.1 Å². The summed E-state index contributed by atoms with van der Waals surface area (Å²) in [6.45, 7) is 8.68. The number of aromatic nitrogens is 1. The highest BCUT2D eigenvalue weighted by molar-refractivity contribution is 7.89. The van der Waals surface area contributed by atoms with Gasteiger partial charge in [0, 0.05) is 18.8 Å². The Morgan fingerprint density at radius 2 is 2.00 bits per heavy atom. The van der Waals surface area contributed by atoms with Crippen molar-refractivity contribution < 1.29 is 8.42 Å². The Labute approximate surface area is 122 Å². The van der Waals surface area contributed by atoms with E-state index in [0.29, 0.717) is 18.2 Å². The Balaban J connectivity index is 2.88. The first-order chi connectivity index (χ1) is 9.40. The fourth-order valence-corrected chi connectivity index (χ4v) is 3.44. The van der Waals surface area contributed by atoms with Gasteiger partial charge in [0.2, 0.25) is 0 Å². The number of anilines is 1. The van der Waals surface area contributed by atoms with Crippen LogP contribution in [0.25, 0.3) is 0 Å². The first kappa shape index (κ1) is 16.9. The molecule has 2 atom stereocenters. The summed E-state index contributed by atoms with van der Waals surface area (Å²) in [5.41, 5.74) is 0.540. The van der Waals surface area contributed by atoms with Crippen LogP contribution in [0.15, 0.2) is 23.4 Å². The standard InChI is InChI=1S/C14H25N3O2S/c1-5-11(3)10-12(4)17-20(18,19)14-13(15-6-2)8-7-9-16-14/h7-9,11-12,15,17H,5-6,10H2,1-4H3. The monoisotopic (exact) mass is 299 g/mol. The molecule has 0 aromatic carbocycles. The topological polar surface area (TPSA) is 71.1 Å². The molecule has 0 spiro atoms. The van der Waals surface area contributed by atoms with Gasteiger partial charge in [-0.2, -0.15) is 0 Å². The number of nitrogens with one attached hydrogen (secondary N) is 2. The fourth-order valence-electron chi connectivity index (χ4n) is 2.07. The molecule has 0 aliphatic rings. The average molecular weight is 299 g/mol. The summed E-state index contributed by atoms with van der Waals surface area (Å²) in [5.74, 6) is 0.490. The molecule has 20 heavy (non-hydrogen) atoms. The van der Waals surface area contributed by atoms with Crippen molar-refractivity contribution in [2.45, 2.75) is 51.6 Å². The van der Waals surface area contributed by atoms with E-state index in [9.17, 15) is 8.42 Å². The van der Waals surface area contributed by atoms with Crippen LogP contribution in [0, 0.1) is 5.92 Å². The highest BCUT2D eigenvalue weighted by Gasteiger charge is 2.22. The lowest BCUT2D eigenvalue weighted by molar-refractivity contribution is 0.445. The Hall–Kier alpha value is -1.14. The SMILES string of the molecule is CCNc1cccnc1S(=O)(=O)NC(C)CC(C)CC. The zero-order chi connectivity index (χ0) is 15.2. The van der Waals surface area contributed by atoms with Gasteiger partial charge in [0.05, 0.1) is 5.69 Å². The zero-order valence-electron chi connectivity index (χ0n) is 12.7. The van der Waals surface area contributed by atoms with Crippen LogP contribution in [-0.4, -0.2) is 26.0 Å². The minimum atomic E-state index is -3.59. The lowest BCUT2D eigenvalue weighted by Crippen LogP contribution is -2.34. The van der Waals surface area contributed by atoms with Crippen LogP contribution in [0.2, 0.25) is 0 Å². The maximum atomic E-state index is 12.4. The van der Waals surface area contributed by atoms with Crippen LogP contribution in [0.3, 0.4) is 0 Å². The molecule has 1 aromatic rings. The maximum Gasteiger partial charge on any atom is 0.260 e. The molecule has 114 valence electrons. The van der Waals surface area contributed by atoms with Crippen molar-refractivity contribution in [3.8, 4) is 0 Å². The third kappa shape index (κ3) is 4.76. The molecule has 0 fully saturated rings. The largest absolute Gasteiger partial charge is 0.383 e. The first-order valence-electron chi connectivity index (χ1n) is 7.11. The van der Waals surface area contributed by atoms with Crippen molar-refractivity contribution in [2.24, 2.45) is 5.92 Å². The van der Waals surface area contributed by atoms with E-state index in [2.05, 4.69) is 28.9 Å². The van der Waals surface area contributed by atoms with E-state index in [1.807, 2.05) is 13.8 Å². The lowest BCUT2D eigenvalue weighted by atomic mass is 10.0. The van der Waals surface area contributed by atoms with Crippen LogP contribution in [0.1, 0.15) is 40.5 Å². The highest BCUT2D eigenvalue weighted by atomic mass is 32.2. The van der Waals surface area contributed by atoms with Crippen LogP contribution in [0.5, 0.6) is 0 Å². The summed E-state index contributed by atoms with van der Waals surface area (Å²) in [7, 11) is -3.59. The fraction of sp³-hybridized carbons (Fsp3) is 0.643. The quantitative estimate of drug-likeness (QED) is 0.774. The van der Waals surface area contributed by atoms with Crippen LogP contribution in [-0.2, 0) is 10.0 Å². The van der Waals surface area contributed by atoms with Gasteiger partial charge in [-0.3, -0.25) is 0 Å². The van der Waals surface area contributed by atoms with Crippen molar-refractivity contribution in [3.63, 3.8) is 0 Å². The molecule has 1 heterocycles. The van der Waals surface area contributed by atoms with Gasteiger partial charge < -0.3 is 5.32 Å². The Kier molecular flexibility index (Phi) is 6.42. The summed E-state index contributed by atoms with van der Waals surface area (Å²) in [6.07, 6.45) is 3.35. The summed E-state index contributed by atoms with van der Waals surface area (Å²) in [5, 5.41) is 3.09. The number of rotatable bonds is 8. The Morgan fingerprint density at radius 3 is 2.60 bits per heavy atom. The predicted octanol–water partition coefficient (Wildman–Crippen LogP) is 2.62. The third-order valence-corrected chi connectivity index (χ3v) is 4.75. The van der Waals surface area contributed by atoms with E-state index in [-0.39, 0.29) is 11.1 Å². The van der Waals surface area contributed by atoms with Crippen molar-refractivity contribution in [1.29, 1.82) is 0 Å². The number of nitrogens with zero attached hydrogens (tertiary/aromatic N) is 1. The Morgan fingerprint density at radius 1 is 1.30 bits per heavy atom. The molecule has 0 saturated heterocycles. The normalized spacial score (nSPS) is 14.8. The van der Waals surface area contributed by atoms with Crippen molar-refractivity contribution in [3.05, 3.63) is 18.3 Å². The second-order valence-electron chi connectivity index (χ2n) is 5.16. The van der Waals surface area contributed by atoms with Crippen molar-refractivity contribution in [2.75, 3.05) is 11.9 Å². The van der Waals surface area contributed by atoms with Gasteiger partial charge in [0.15, 0.2) is 5.03 Å². The van der Waals surface area contributed by atoms with Gasteiger partial charge in [-0.25, -0.2) is 18.1 Å². The molecule has 0 aliphatic heterocycles. The molecule has 2 unspecified atom stereocenters. The summed E-state index contributed by atoms with van der Waals surface area (Å²) < 4.78 is 27.5. The van der Waals surface area contributed by atoms with Gasteiger partial charge in [-0.05, 0) is 38.3 Å². The van der Waals surface area contributed by atoms with E-state index >= 15 is 0 Å². The van der Waals surface area contributed by atoms with Crippen LogP contribution < -0.4 is 10.0 Å². The van der Waals surface area contributed by atoms with Crippen molar-refractivity contribution in [1.82, 2.24) is 9.71 Å². The van der Waals surface area contributed by atoms with Gasteiger partial charge in [0.1, 0.15) is 0 Å². The smallest absolute Gasteiger partial charge is 0.260 e. The number of sulfonamides is 1. The zero-order valence-corrected chi connectivity index (χ0v) is 13.5. The molecular formula is C14H25N3O2S. The second kappa shape index (κ2) is 7.59. The molecule has 0 aliphatic carbocycles. The molecule has 5 nitrogen and oxygen atoms in total. The molecule has 2 N–H and O–H groups in total. The van der Waals surface area contributed by atoms with Crippen molar-refractivity contribution >= 4 is 15.7 Å². The molecule has 1 rings (SSSR count). The number of pyridine rings is 1. The molecular weight excluding hydrogens is 274 g/mol. The van der Waals surface area contributed by atoms with Gasteiger partial charge in [-0.1, -0.05) is 20.3 Å². The molecule has 6 heteroatoms. The molecule has 0 bridgehead atoms. The minimum Gasteiger partial charge on any atom is -0.383 e. The van der Waals surface area contributed by atoms with Gasteiger partial charge >= 0.3 is 0 Å². The minimum absolute atomic E-state index is 0.0675. The number of hydrogen-bond acceptors (Lipinski definition) is 4. The molecule has 1 aromatic heterocycles. The maximum absolute atomic E-state index is 12.4. The van der Waals surface area contributed by atoms with E-state index in [0.717, 1.165) is 12.8 Å². The van der Waals surface area contributed by atoms with Crippen LogP contribution in [0.4, 0.5) is 5.69 Å². The van der Waals surface area contributed by atoms with Gasteiger partial charge in [0.25, 0.3) is 10.0 Å².